The largest absolute Gasteiger partial charge is 1.00 e. The summed E-state index contributed by atoms with van der Waals surface area (Å²) < 4.78 is 11.1. The van der Waals surface area contributed by atoms with Crippen LogP contribution in [0.15, 0.2) is 65.5 Å². The van der Waals surface area contributed by atoms with Crippen LogP contribution in [0, 0.1) is 11.3 Å². The van der Waals surface area contributed by atoms with Crippen molar-refractivity contribution in [3.8, 4) is 11.8 Å². The number of hydrogen-bond acceptors (Lipinski definition) is 5. The van der Waals surface area contributed by atoms with Gasteiger partial charge < -0.3 is 15.7 Å². The van der Waals surface area contributed by atoms with Crippen LogP contribution < -0.4 is 23.6 Å². The van der Waals surface area contributed by atoms with E-state index in [-0.39, 0.29) is 26.7 Å². The summed E-state index contributed by atoms with van der Waals surface area (Å²) in [5.74, 6) is -0.959. The molecule has 0 saturated heterocycles. The molecule has 2 heterocycles. The molecule has 2 aromatic carbocycles. The van der Waals surface area contributed by atoms with Crippen molar-refractivity contribution in [2.24, 2.45) is 0 Å². The van der Waals surface area contributed by atoms with Gasteiger partial charge in [0.25, 0.3) is 0 Å². The number of aliphatic carboxylic acids is 1. The molecule has 7 heteroatoms. The average Bonchev–Trinajstić information content (AvgIpc) is 3.33. The van der Waals surface area contributed by atoms with Crippen LogP contribution in [0.25, 0.3) is 0 Å². The smallest absolute Gasteiger partial charge is 1.00 e. The molecule has 0 radical (unpaired) electrons. The van der Waals surface area contributed by atoms with Gasteiger partial charge in [-0.15, -0.1) is 0 Å². The molecule has 3 aromatic rings. The molecule has 4 rings (SSSR count). The van der Waals surface area contributed by atoms with E-state index in [9.17, 15) is 4.79 Å². The van der Waals surface area contributed by atoms with Gasteiger partial charge in [0, 0.05) is 30.8 Å². The number of furan rings is 1. The third kappa shape index (κ3) is 5.80. The van der Waals surface area contributed by atoms with Gasteiger partial charge in [0.05, 0.1) is 30.9 Å². The van der Waals surface area contributed by atoms with Crippen LogP contribution in [0.3, 0.4) is 0 Å². The topological polar surface area (TPSA) is 86.7 Å². The molecule has 154 valence electrons. The SMILES string of the molecule is N#CC(CC(=O)O)c1ccc(OCc2cccc(CN3Cc4cocc4C3)c2)cc1.[H-].[Li+]. The molecule has 0 aliphatic carbocycles. The van der Waals surface area contributed by atoms with Crippen LogP contribution in [0.5, 0.6) is 5.75 Å². The summed E-state index contributed by atoms with van der Waals surface area (Å²) in [7, 11) is 0. The Labute approximate surface area is 194 Å². The van der Waals surface area contributed by atoms with Gasteiger partial charge in [0.15, 0.2) is 0 Å². The van der Waals surface area contributed by atoms with Gasteiger partial charge in [0.1, 0.15) is 12.4 Å². The van der Waals surface area contributed by atoms with Gasteiger partial charge in [-0.2, -0.15) is 5.26 Å². The fourth-order valence-corrected chi connectivity index (χ4v) is 3.73. The molecule has 1 aliphatic heterocycles. The van der Waals surface area contributed by atoms with Crippen molar-refractivity contribution in [1.29, 1.82) is 5.26 Å². The molecular weight excluding hydrogens is 387 g/mol. The summed E-state index contributed by atoms with van der Waals surface area (Å²) in [6.45, 7) is 3.12. The molecule has 0 amide bonds. The number of hydrogen-bond donors (Lipinski definition) is 1. The zero-order valence-corrected chi connectivity index (χ0v) is 17.5. The Morgan fingerprint density at radius 2 is 1.84 bits per heavy atom. The van der Waals surface area contributed by atoms with Gasteiger partial charge >= 0.3 is 24.8 Å². The standard InChI is InChI=1S/C24H22N2O4.Li.H/c25-10-20(9-24(27)28)19-4-6-23(7-5-19)30-14-18-3-1-2-17(8-18)11-26-12-21-15-29-16-22(21)13-26;;/h1-8,15-16,20H,9,11-14H2,(H,27,28);;/q;+1;-1. The number of fused-ring (bicyclic) bond motifs is 1. The molecule has 0 bridgehead atoms. The molecule has 31 heavy (non-hydrogen) atoms. The molecule has 1 aromatic heterocycles. The first-order valence-corrected chi connectivity index (χ1v) is 9.79. The molecule has 1 unspecified atom stereocenters. The number of nitrogens with zero attached hydrogens (tertiary/aromatic N) is 2. The maximum atomic E-state index is 10.9. The molecule has 0 spiro atoms. The van der Waals surface area contributed by atoms with E-state index in [4.69, 9.17) is 19.5 Å². The van der Waals surface area contributed by atoms with Crippen LogP contribution in [0.2, 0.25) is 0 Å². The van der Waals surface area contributed by atoms with Crippen LogP contribution in [0.1, 0.15) is 41.6 Å². The number of rotatable bonds is 8. The molecule has 6 nitrogen and oxygen atoms in total. The van der Waals surface area contributed by atoms with Crippen molar-refractivity contribution in [1.82, 2.24) is 4.90 Å². The molecule has 0 saturated carbocycles. The molecule has 0 fully saturated rings. The predicted molar refractivity (Wildman–Crippen MR) is 111 cm³/mol. The minimum Gasteiger partial charge on any atom is -1.00 e. The van der Waals surface area contributed by atoms with Crippen molar-refractivity contribution < 1.29 is 39.3 Å². The van der Waals surface area contributed by atoms with E-state index < -0.39 is 11.9 Å². The van der Waals surface area contributed by atoms with E-state index in [2.05, 4.69) is 17.0 Å². The molecule has 1 N–H and O–H groups in total. The van der Waals surface area contributed by atoms with Gasteiger partial charge in [-0.1, -0.05) is 36.4 Å². The fraction of sp³-hybridized carbons (Fsp3) is 0.250. The van der Waals surface area contributed by atoms with E-state index in [0.29, 0.717) is 17.9 Å². The van der Waals surface area contributed by atoms with Crippen LogP contribution in [-0.4, -0.2) is 16.0 Å². The maximum absolute atomic E-state index is 10.9. The second kappa shape index (κ2) is 10.4. The minimum atomic E-state index is -0.985. The monoisotopic (exact) mass is 410 g/mol. The second-order valence-corrected chi connectivity index (χ2v) is 7.52. The Hall–Kier alpha value is -2.96. The average molecular weight is 410 g/mol. The quantitative estimate of drug-likeness (QED) is 0.568. The van der Waals surface area contributed by atoms with E-state index in [0.717, 1.165) is 25.2 Å². The zero-order valence-electron chi connectivity index (χ0n) is 18.5. The number of nitriles is 1. The van der Waals surface area contributed by atoms with Crippen molar-refractivity contribution in [3.63, 3.8) is 0 Å². The minimum absolute atomic E-state index is 0. The predicted octanol–water partition coefficient (Wildman–Crippen LogP) is 1.57. The fourth-order valence-electron chi connectivity index (χ4n) is 3.73. The van der Waals surface area contributed by atoms with Gasteiger partial charge in [-0.05, 0) is 28.8 Å². The maximum Gasteiger partial charge on any atom is 1.00 e. The summed E-state index contributed by atoms with van der Waals surface area (Å²) in [5, 5.41) is 18.1. The Balaban J connectivity index is 0.00000181. The van der Waals surface area contributed by atoms with E-state index >= 15 is 0 Å². The number of carbonyl (C=O) groups is 1. The van der Waals surface area contributed by atoms with Crippen LogP contribution in [0.4, 0.5) is 0 Å². The zero-order chi connectivity index (χ0) is 20.9. The van der Waals surface area contributed by atoms with E-state index in [1.54, 1.807) is 24.3 Å². The summed E-state index contributed by atoms with van der Waals surface area (Å²) >= 11 is 0. The number of carboxylic acid groups (broad SMARTS) is 1. The first-order valence-electron chi connectivity index (χ1n) is 9.79. The van der Waals surface area contributed by atoms with Crippen molar-refractivity contribution in [3.05, 3.63) is 88.9 Å². The van der Waals surface area contributed by atoms with Gasteiger partial charge in [-0.25, -0.2) is 0 Å². The Morgan fingerprint density at radius 3 is 2.48 bits per heavy atom. The van der Waals surface area contributed by atoms with Crippen molar-refractivity contribution >= 4 is 5.97 Å². The Morgan fingerprint density at radius 1 is 1.16 bits per heavy atom. The third-order valence-electron chi connectivity index (χ3n) is 5.24. The summed E-state index contributed by atoms with van der Waals surface area (Å²) in [5.41, 5.74) is 5.53. The second-order valence-electron chi connectivity index (χ2n) is 7.52. The Bertz CT molecular complexity index is 1060. The normalized spacial score (nSPS) is 13.6. The summed E-state index contributed by atoms with van der Waals surface area (Å²) in [4.78, 5) is 13.2. The molecule has 1 aliphatic rings. The van der Waals surface area contributed by atoms with Crippen molar-refractivity contribution in [2.45, 2.75) is 38.6 Å². The molecular formula is C24H23LiN2O4. The summed E-state index contributed by atoms with van der Waals surface area (Å²) in [6, 6.07) is 17.4. The van der Waals surface area contributed by atoms with Gasteiger partial charge in [-0.3, -0.25) is 9.69 Å². The van der Waals surface area contributed by atoms with Crippen LogP contribution >= 0.6 is 0 Å². The molecule has 1 atom stereocenters. The van der Waals surface area contributed by atoms with E-state index in [1.807, 2.05) is 30.7 Å². The van der Waals surface area contributed by atoms with Gasteiger partial charge in [0.2, 0.25) is 0 Å². The first kappa shape index (κ1) is 22.7. The number of benzene rings is 2. The Kier molecular flexibility index (Phi) is 7.60. The summed E-state index contributed by atoms with van der Waals surface area (Å²) in [6.07, 6.45) is 3.44. The first-order chi connectivity index (χ1) is 14.6. The number of ether oxygens (including phenoxy) is 1. The van der Waals surface area contributed by atoms with E-state index in [1.165, 1.54) is 16.7 Å². The van der Waals surface area contributed by atoms with Crippen molar-refractivity contribution in [2.75, 3.05) is 0 Å². The van der Waals surface area contributed by atoms with Crippen LogP contribution in [-0.2, 0) is 31.0 Å². The number of carboxylic acids is 1. The third-order valence-corrected chi connectivity index (χ3v) is 5.24.